The van der Waals surface area contributed by atoms with Crippen molar-refractivity contribution in [2.45, 2.75) is 46.1 Å². The summed E-state index contributed by atoms with van der Waals surface area (Å²) in [5, 5.41) is 9.84. The zero-order valence-corrected chi connectivity index (χ0v) is 19.6. The molecule has 3 aromatic rings. The summed E-state index contributed by atoms with van der Waals surface area (Å²) in [6.07, 6.45) is 1.44. The van der Waals surface area contributed by atoms with Gasteiger partial charge in [0.2, 0.25) is 5.91 Å². The number of anilines is 1. The Morgan fingerprint density at radius 3 is 2.44 bits per heavy atom. The molecule has 8 heteroatoms. The van der Waals surface area contributed by atoms with Gasteiger partial charge in [0.15, 0.2) is 11.8 Å². The van der Waals surface area contributed by atoms with Crippen molar-refractivity contribution in [2.75, 3.05) is 11.9 Å². The van der Waals surface area contributed by atoms with Gasteiger partial charge in [0.1, 0.15) is 0 Å². The minimum Gasteiger partial charge on any atom is -0.448 e. The molecule has 2 aromatic carbocycles. The number of fused-ring (bicyclic) bond motifs is 1. The molecule has 0 saturated carbocycles. The van der Waals surface area contributed by atoms with Crippen LogP contribution in [0.3, 0.4) is 0 Å². The van der Waals surface area contributed by atoms with Gasteiger partial charge in [-0.1, -0.05) is 36.4 Å². The van der Waals surface area contributed by atoms with Crippen molar-refractivity contribution in [2.24, 2.45) is 0 Å². The van der Waals surface area contributed by atoms with Crippen molar-refractivity contribution in [1.29, 1.82) is 0 Å². The molecule has 0 saturated heterocycles. The Bertz CT molecular complexity index is 1210. The van der Waals surface area contributed by atoms with Crippen LogP contribution in [0.1, 0.15) is 46.2 Å². The van der Waals surface area contributed by atoms with Gasteiger partial charge in [0.05, 0.1) is 12.2 Å². The van der Waals surface area contributed by atoms with Crippen LogP contribution in [-0.2, 0) is 27.2 Å². The third kappa shape index (κ3) is 4.85. The lowest BCUT2D eigenvalue weighted by Gasteiger charge is -2.14. The molecule has 176 valence electrons. The predicted octanol–water partition coefficient (Wildman–Crippen LogP) is 3.28. The number of amides is 2. The SMILES string of the molecule is Cc1cccc(C)c1NC(=O)CNC(=O)C(C)OC(=O)c1nn(-c2ccccc2)c2c1CCC2. The molecule has 2 N–H and O–H groups in total. The zero-order chi connectivity index (χ0) is 24.2. The van der Waals surface area contributed by atoms with Crippen LogP contribution < -0.4 is 10.6 Å². The summed E-state index contributed by atoms with van der Waals surface area (Å²) in [4.78, 5) is 37.6. The maximum absolute atomic E-state index is 12.9. The Labute approximate surface area is 198 Å². The first-order chi connectivity index (χ1) is 16.3. The van der Waals surface area contributed by atoms with Crippen LogP contribution in [0.5, 0.6) is 0 Å². The lowest BCUT2D eigenvalue weighted by atomic mass is 10.1. The lowest BCUT2D eigenvalue weighted by molar-refractivity contribution is -0.130. The maximum Gasteiger partial charge on any atom is 0.359 e. The molecule has 0 radical (unpaired) electrons. The lowest BCUT2D eigenvalue weighted by Crippen LogP contribution is -2.40. The second-order valence-electron chi connectivity index (χ2n) is 8.46. The largest absolute Gasteiger partial charge is 0.448 e. The van der Waals surface area contributed by atoms with E-state index in [9.17, 15) is 14.4 Å². The number of rotatable bonds is 7. The van der Waals surface area contributed by atoms with Crippen LogP contribution in [-0.4, -0.2) is 40.2 Å². The molecule has 1 unspecified atom stereocenters. The van der Waals surface area contributed by atoms with E-state index in [2.05, 4.69) is 15.7 Å². The highest BCUT2D eigenvalue weighted by Gasteiger charge is 2.29. The Balaban J connectivity index is 1.37. The van der Waals surface area contributed by atoms with Crippen molar-refractivity contribution in [3.63, 3.8) is 0 Å². The molecule has 0 spiro atoms. The highest BCUT2D eigenvalue weighted by atomic mass is 16.5. The molecule has 0 bridgehead atoms. The van der Waals surface area contributed by atoms with Crippen molar-refractivity contribution in [3.05, 3.63) is 76.6 Å². The minimum atomic E-state index is -1.07. The molecule has 2 amide bonds. The Kier molecular flexibility index (Phi) is 6.77. The fraction of sp³-hybridized carbons (Fsp3) is 0.308. The molecule has 1 aliphatic carbocycles. The third-order valence-corrected chi connectivity index (χ3v) is 5.95. The molecule has 1 aliphatic rings. The average Bonchev–Trinajstić information content (AvgIpc) is 3.43. The van der Waals surface area contributed by atoms with Crippen LogP contribution in [0.15, 0.2) is 48.5 Å². The number of carbonyl (C=O) groups excluding carboxylic acids is 3. The predicted molar refractivity (Wildman–Crippen MR) is 128 cm³/mol. The first-order valence-corrected chi connectivity index (χ1v) is 11.4. The number of esters is 1. The monoisotopic (exact) mass is 460 g/mol. The number of ether oxygens (including phenoxy) is 1. The van der Waals surface area contributed by atoms with E-state index < -0.39 is 18.0 Å². The number of hydrogen-bond acceptors (Lipinski definition) is 5. The Hall–Kier alpha value is -3.94. The zero-order valence-electron chi connectivity index (χ0n) is 19.6. The summed E-state index contributed by atoms with van der Waals surface area (Å²) in [6, 6.07) is 15.3. The van der Waals surface area contributed by atoms with E-state index in [1.807, 2.05) is 62.4 Å². The van der Waals surface area contributed by atoms with Crippen molar-refractivity contribution < 1.29 is 19.1 Å². The number of carbonyl (C=O) groups is 3. The number of aryl methyl sites for hydroxylation is 2. The van der Waals surface area contributed by atoms with E-state index in [1.54, 1.807) is 4.68 Å². The second-order valence-corrected chi connectivity index (χ2v) is 8.46. The highest BCUT2D eigenvalue weighted by molar-refractivity contribution is 5.97. The number of para-hydroxylation sites is 2. The molecular weight excluding hydrogens is 432 g/mol. The summed E-state index contributed by atoms with van der Waals surface area (Å²) in [5.41, 5.74) is 5.58. The highest BCUT2D eigenvalue weighted by Crippen LogP contribution is 2.28. The summed E-state index contributed by atoms with van der Waals surface area (Å²) in [5.74, 6) is -1.55. The first kappa shape index (κ1) is 23.2. The molecular formula is C26H28N4O4. The van der Waals surface area contributed by atoms with Crippen LogP contribution in [0, 0.1) is 13.8 Å². The van der Waals surface area contributed by atoms with E-state index >= 15 is 0 Å². The maximum atomic E-state index is 12.9. The molecule has 4 rings (SSSR count). The van der Waals surface area contributed by atoms with E-state index in [0.29, 0.717) is 0 Å². The van der Waals surface area contributed by atoms with Gasteiger partial charge in [-0.2, -0.15) is 5.10 Å². The summed E-state index contributed by atoms with van der Waals surface area (Å²) in [7, 11) is 0. The van der Waals surface area contributed by atoms with Crippen molar-refractivity contribution in [1.82, 2.24) is 15.1 Å². The molecule has 1 atom stereocenters. The van der Waals surface area contributed by atoms with Crippen molar-refractivity contribution in [3.8, 4) is 5.69 Å². The van der Waals surface area contributed by atoms with Crippen LogP contribution in [0.4, 0.5) is 5.69 Å². The fourth-order valence-electron chi connectivity index (χ4n) is 4.16. The van der Waals surface area contributed by atoms with Crippen LogP contribution >= 0.6 is 0 Å². The molecule has 0 fully saturated rings. The minimum absolute atomic E-state index is 0.230. The number of nitrogens with zero attached hydrogens (tertiary/aromatic N) is 2. The molecule has 8 nitrogen and oxygen atoms in total. The molecule has 1 aromatic heterocycles. The Morgan fingerprint density at radius 2 is 1.74 bits per heavy atom. The topological polar surface area (TPSA) is 102 Å². The standard InChI is InChI=1S/C26H28N4O4/c1-16-9-7-10-17(2)23(16)28-22(31)15-27-25(32)18(3)34-26(33)24-20-13-8-14-21(20)30(29-24)19-11-5-4-6-12-19/h4-7,9-12,18H,8,13-15H2,1-3H3,(H,27,32)(H,28,31). The summed E-state index contributed by atoms with van der Waals surface area (Å²) in [6.45, 7) is 5.05. The van der Waals surface area contributed by atoms with Crippen LogP contribution in [0.25, 0.3) is 5.69 Å². The quantitative estimate of drug-likeness (QED) is 0.527. The van der Waals surface area contributed by atoms with E-state index in [4.69, 9.17) is 4.74 Å². The fourth-order valence-corrected chi connectivity index (χ4v) is 4.16. The summed E-state index contributed by atoms with van der Waals surface area (Å²) < 4.78 is 7.18. The number of aromatic nitrogens is 2. The van der Waals surface area contributed by atoms with Gasteiger partial charge in [-0.25, -0.2) is 9.48 Å². The van der Waals surface area contributed by atoms with Gasteiger partial charge < -0.3 is 15.4 Å². The van der Waals surface area contributed by atoms with Gasteiger partial charge in [-0.3, -0.25) is 9.59 Å². The molecule has 0 aliphatic heterocycles. The van der Waals surface area contributed by atoms with E-state index in [-0.39, 0.29) is 18.1 Å². The molecule has 34 heavy (non-hydrogen) atoms. The van der Waals surface area contributed by atoms with Gasteiger partial charge in [0, 0.05) is 16.9 Å². The van der Waals surface area contributed by atoms with Gasteiger partial charge in [0.25, 0.3) is 5.91 Å². The normalized spacial score (nSPS) is 13.1. The average molecular weight is 461 g/mol. The summed E-state index contributed by atoms with van der Waals surface area (Å²) >= 11 is 0. The molecule has 1 heterocycles. The first-order valence-electron chi connectivity index (χ1n) is 11.4. The van der Waals surface area contributed by atoms with Gasteiger partial charge in [-0.05, 0) is 63.3 Å². The van der Waals surface area contributed by atoms with Gasteiger partial charge >= 0.3 is 5.97 Å². The number of nitrogens with one attached hydrogen (secondary N) is 2. The van der Waals surface area contributed by atoms with Crippen LogP contribution in [0.2, 0.25) is 0 Å². The second kappa shape index (κ2) is 9.91. The van der Waals surface area contributed by atoms with Crippen molar-refractivity contribution >= 4 is 23.5 Å². The number of benzene rings is 2. The smallest absolute Gasteiger partial charge is 0.359 e. The van der Waals surface area contributed by atoms with E-state index in [1.165, 1.54) is 6.92 Å². The van der Waals surface area contributed by atoms with Gasteiger partial charge in [-0.15, -0.1) is 0 Å². The third-order valence-electron chi connectivity index (χ3n) is 5.95. The Morgan fingerprint density at radius 1 is 1.03 bits per heavy atom. The van der Waals surface area contributed by atoms with E-state index in [0.717, 1.165) is 53.0 Å². The number of hydrogen-bond donors (Lipinski definition) is 2.